The number of hydrogen-bond donors (Lipinski definition) is 1. The molecule has 3 nitrogen and oxygen atoms in total. The number of ketones is 1. The van der Waals surface area contributed by atoms with Crippen molar-refractivity contribution >= 4 is 27.6 Å². The zero-order valence-electron chi connectivity index (χ0n) is 10.3. The first kappa shape index (κ1) is 13.3. The molecule has 0 unspecified atom stereocenters. The highest BCUT2D eigenvalue weighted by atomic mass is 79.9. The van der Waals surface area contributed by atoms with Crippen LogP contribution in [0.5, 0.6) is 0 Å². The van der Waals surface area contributed by atoms with Crippen LogP contribution in [0.3, 0.4) is 0 Å². The van der Waals surface area contributed by atoms with Crippen molar-refractivity contribution < 1.29 is 9.59 Å². The Hall–Kier alpha value is -1.16. The largest absolute Gasteiger partial charge is 0.349 e. The SMILES string of the molecule is Cc1c(Br)cccc1C(=O)NC1CCC(=O)CC1. The summed E-state index contributed by atoms with van der Waals surface area (Å²) in [5, 5.41) is 3.01. The molecule has 1 aromatic rings. The summed E-state index contributed by atoms with van der Waals surface area (Å²) < 4.78 is 0.939. The van der Waals surface area contributed by atoms with Crippen molar-refractivity contribution in [2.24, 2.45) is 0 Å². The van der Waals surface area contributed by atoms with Gasteiger partial charge in [0.25, 0.3) is 5.91 Å². The molecule has 1 saturated carbocycles. The van der Waals surface area contributed by atoms with Crippen molar-refractivity contribution in [3.8, 4) is 0 Å². The summed E-state index contributed by atoms with van der Waals surface area (Å²) in [6, 6.07) is 5.74. The first-order valence-corrected chi connectivity index (χ1v) is 6.95. The summed E-state index contributed by atoms with van der Waals surface area (Å²) in [5.41, 5.74) is 1.64. The Morgan fingerprint density at radius 3 is 2.67 bits per heavy atom. The van der Waals surface area contributed by atoms with E-state index in [0.717, 1.165) is 22.9 Å². The van der Waals surface area contributed by atoms with Crippen molar-refractivity contribution in [3.05, 3.63) is 33.8 Å². The third kappa shape index (κ3) is 2.99. The monoisotopic (exact) mass is 309 g/mol. The molecule has 1 N–H and O–H groups in total. The fourth-order valence-corrected chi connectivity index (χ4v) is 2.57. The number of nitrogens with one attached hydrogen (secondary N) is 1. The van der Waals surface area contributed by atoms with Gasteiger partial charge >= 0.3 is 0 Å². The molecule has 1 aliphatic carbocycles. The van der Waals surface area contributed by atoms with E-state index in [1.54, 1.807) is 0 Å². The topological polar surface area (TPSA) is 46.2 Å². The zero-order valence-corrected chi connectivity index (χ0v) is 11.9. The lowest BCUT2D eigenvalue weighted by atomic mass is 9.94. The predicted molar refractivity (Wildman–Crippen MR) is 73.6 cm³/mol. The summed E-state index contributed by atoms with van der Waals surface area (Å²) in [5.74, 6) is 0.257. The minimum absolute atomic E-state index is 0.0480. The number of Topliss-reactive ketones (excluding diaryl/α,β-unsaturated/α-hetero) is 1. The molecular weight excluding hydrogens is 294 g/mol. The Balaban J connectivity index is 2.03. The van der Waals surface area contributed by atoms with E-state index in [9.17, 15) is 9.59 Å². The van der Waals surface area contributed by atoms with Gasteiger partial charge in [-0.05, 0) is 37.5 Å². The van der Waals surface area contributed by atoms with E-state index in [2.05, 4.69) is 21.2 Å². The second-order valence-corrected chi connectivity index (χ2v) is 5.55. The molecule has 18 heavy (non-hydrogen) atoms. The number of rotatable bonds is 2. The van der Waals surface area contributed by atoms with E-state index < -0.39 is 0 Å². The lowest BCUT2D eigenvalue weighted by molar-refractivity contribution is -0.120. The number of benzene rings is 1. The van der Waals surface area contributed by atoms with Gasteiger partial charge in [-0.3, -0.25) is 9.59 Å². The number of carbonyl (C=O) groups is 2. The van der Waals surface area contributed by atoms with Gasteiger partial charge in [0.2, 0.25) is 0 Å². The molecule has 0 aromatic heterocycles. The second kappa shape index (κ2) is 5.65. The van der Waals surface area contributed by atoms with Crippen molar-refractivity contribution in [1.82, 2.24) is 5.32 Å². The molecule has 1 fully saturated rings. The van der Waals surface area contributed by atoms with Crippen LogP contribution in [0.4, 0.5) is 0 Å². The standard InChI is InChI=1S/C14H16BrNO2/c1-9-12(3-2-4-13(9)15)14(18)16-10-5-7-11(17)8-6-10/h2-4,10H,5-8H2,1H3,(H,16,18). The van der Waals surface area contributed by atoms with Crippen LogP contribution in [-0.4, -0.2) is 17.7 Å². The molecule has 1 amide bonds. The normalized spacial score (nSPS) is 16.7. The number of halogens is 1. The van der Waals surface area contributed by atoms with Crippen LogP contribution in [0.25, 0.3) is 0 Å². The minimum Gasteiger partial charge on any atom is -0.349 e. The Morgan fingerprint density at radius 2 is 2.00 bits per heavy atom. The van der Waals surface area contributed by atoms with Crippen molar-refractivity contribution in [3.63, 3.8) is 0 Å². The van der Waals surface area contributed by atoms with Crippen LogP contribution in [0, 0.1) is 6.92 Å². The highest BCUT2D eigenvalue weighted by molar-refractivity contribution is 9.10. The fraction of sp³-hybridized carbons (Fsp3) is 0.429. The fourth-order valence-electron chi connectivity index (χ4n) is 2.20. The van der Waals surface area contributed by atoms with Crippen molar-refractivity contribution in [1.29, 1.82) is 0 Å². The Kier molecular flexibility index (Phi) is 4.17. The quantitative estimate of drug-likeness (QED) is 0.913. The van der Waals surface area contributed by atoms with E-state index in [1.165, 1.54) is 0 Å². The van der Waals surface area contributed by atoms with Gasteiger partial charge < -0.3 is 5.32 Å². The molecule has 1 aliphatic rings. The van der Waals surface area contributed by atoms with E-state index in [-0.39, 0.29) is 11.9 Å². The summed E-state index contributed by atoms with van der Waals surface area (Å²) >= 11 is 3.42. The van der Waals surface area contributed by atoms with Gasteiger partial charge in [0.15, 0.2) is 0 Å². The first-order valence-electron chi connectivity index (χ1n) is 6.15. The Bertz CT molecular complexity index is 475. The second-order valence-electron chi connectivity index (χ2n) is 4.70. The Morgan fingerprint density at radius 1 is 1.33 bits per heavy atom. The van der Waals surface area contributed by atoms with Crippen LogP contribution < -0.4 is 5.32 Å². The number of amides is 1. The van der Waals surface area contributed by atoms with Gasteiger partial charge in [0.1, 0.15) is 5.78 Å². The maximum Gasteiger partial charge on any atom is 0.251 e. The van der Waals surface area contributed by atoms with E-state index >= 15 is 0 Å². The molecule has 0 radical (unpaired) electrons. The van der Waals surface area contributed by atoms with Gasteiger partial charge in [0, 0.05) is 28.9 Å². The molecule has 0 saturated heterocycles. The molecule has 4 heteroatoms. The minimum atomic E-state index is -0.0480. The summed E-state index contributed by atoms with van der Waals surface area (Å²) in [4.78, 5) is 23.3. The van der Waals surface area contributed by atoms with Crippen LogP contribution in [0.15, 0.2) is 22.7 Å². The average molecular weight is 310 g/mol. The Labute approximate surface area is 115 Å². The molecular formula is C14H16BrNO2. The summed E-state index contributed by atoms with van der Waals surface area (Å²) in [6.07, 6.45) is 2.69. The third-order valence-electron chi connectivity index (χ3n) is 3.39. The average Bonchev–Trinajstić information content (AvgIpc) is 2.35. The molecule has 1 aromatic carbocycles. The van der Waals surface area contributed by atoms with Gasteiger partial charge in [-0.25, -0.2) is 0 Å². The van der Waals surface area contributed by atoms with Crippen LogP contribution in [0.1, 0.15) is 41.6 Å². The molecule has 0 bridgehead atoms. The number of carbonyl (C=O) groups excluding carboxylic acids is 2. The predicted octanol–water partition coefficient (Wildman–Crippen LogP) is 3.00. The van der Waals surface area contributed by atoms with Crippen LogP contribution >= 0.6 is 15.9 Å². The first-order chi connectivity index (χ1) is 8.58. The molecule has 96 valence electrons. The van der Waals surface area contributed by atoms with Gasteiger partial charge in [0.05, 0.1) is 0 Å². The number of hydrogen-bond acceptors (Lipinski definition) is 2. The highest BCUT2D eigenvalue weighted by Crippen LogP contribution is 2.20. The summed E-state index contributed by atoms with van der Waals surface area (Å²) in [6.45, 7) is 1.92. The highest BCUT2D eigenvalue weighted by Gasteiger charge is 2.21. The molecule has 0 atom stereocenters. The van der Waals surface area contributed by atoms with Gasteiger partial charge in [-0.15, -0.1) is 0 Å². The molecule has 0 spiro atoms. The molecule has 0 aliphatic heterocycles. The third-order valence-corrected chi connectivity index (χ3v) is 4.25. The zero-order chi connectivity index (χ0) is 13.1. The molecule has 2 rings (SSSR count). The van der Waals surface area contributed by atoms with Gasteiger partial charge in [-0.1, -0.05) is 22.0 Å². The maximum atomic E-state index is 12.2. The van der Waals surface area contributed by atoms with Gasteiger partial charge in [-0.2, -0.15) is 0 Å². The maximum absolute atomic E-state index is 12.2. The van der Waals surface area contributed by atoms with Crippen LogP contribution in [-0.2, 0) is 4.79 Å². The van der Waals surface area contributed by atoms with E-state index in [4.69, 9.17) is 0 Å². The van der Waals surface area contributed by atoms with Crippen molar-refractivity contribution in [2.75, 3.05) is 0 Å². The van der Waals surface area contributed by atoms with E-state index in [0.29, 0.717) is 24.2 Å². The van der Waals surface area contributed by atoms with Crippen LogP contribution in [0.2, 0.25) is 0 Å². The van der Waals surface area contributed by atoms with E-state index in [1.807, 2.05) is 25.1 Å². The smallest absolute Gasteiger partial charge is 0.251 e. The lowest BCUT2D eigenvalue weighted by Gasteiger charge is -2.22. The summed E-state index contributed by atoms with van der Waals surface area (Å²) in [7, 11) is 0. The lowest BCUT2D eigenvalue weighted by Crippen LogP contribution is -2.38. The van der Waals surface area contributed by atoms with Crippen molar-refractivity contribution in [2.45, 2.75) is 38.6 Å². The molecule has 0 heterocycles.